The number of carboxylic acids is 1. The van der Waals surface area contributed by atoms with Crippen LogP contribution in [0.25, 0.3) is 49.3 Å². The minimum atomic E-state index is -1.35. The van der Waals surface area contributed by atoms with E-state index in [2.05, 4.69) is 32.0 Å². The van der Waals surface area contributed by atoms with E-state index in [1.165, 1.54) is 16.8 Å². The van der Waals surface area contributed by atoms with Crippen molar-refractivity contribution in [2.24, 2.45) is 13.0 Å². The van der Waals surface area contributed by atoms with Gasteiger partial charge in [-0.2, -0.15) is 0 Å². The molecule has 50 heavy (non-hydrogen) atoms. The Balaban J connectivity index is 1.53. The number of rotatable bonds is 6. The summed E-state index contributed by atoms with van der Waals surface area (Å²) in [6.07, 6.45) is 5.58. The number of likely N-dealkylation sites (tertiary alicyclic amines) is 1. The van der Waals surface area contributed by atoms with Crippen molar-refractivity contribution >= 4 is 45.0 Å². The Morgan fingerprint density at radius 1 is 1.20 bits per heavy atom. The van der Waals surface area contributed by atoms with Crippen LogP contribution < -0.4 is 21.5 Å². The predicted octanol–water partition coefficient (Wildman–Crippen LogP) is 4.53. The Morgan fingerprint density at radius 3 is 2.70 bits per heavy atom. The molecule has 0 spiro atoms. The summed E-state index contributed by atoms with van der Waals surface area (Å²) in [6.45, 7) is 12.0. The van der Waals surface area contributed by atoms with Gasteiger partial charge in [-0.3, -0.25) is 4.79 Å². The minimum absolute atomic E-state index is 0.00384. The Labute approximate surface area is 283 Å². The van der Waals surface area contributed by atoms with Gasteiger partial charge in [0.1, 0.15) is 28.6 Å². The molecule has 8 rings (SSSR count). The van der Waals surface area contributed by atoms with Gasteiger partial charge in [0.05, 0.1) is 35.4 Å². The monoisotopic (exact) mass is 678 g/mol. The molecule has 7 heterocycles. The number of aryl methyl sites for hydroxylation is 2. The molecular formula is C35H31FN8O6. The van der Waals surface area contributed by atoms with Crippen LogP contribution in [0.4, 0.5) is 21.5 Å². The van der Waals surface area contributed by atoms with E-state index in [-0.39, 0.29) is 35.2 Å². The lowest BCUT2D eigenvalue weighted by Gasteiger charge is -2.32. The van der Waals surface area contributed by atoms with Crippen molar-refractivity contribution in [3.8, 4) is 22.5 Å². The van der Waals surface area contributed by atoms with Gasteiger partial charge in [-0.25, -0.2) is 28.8 Å². The number of hydrogen-bond acceptors (Lipinski definition) is 10. The highest BCUT2D eigenvalue weighted by Crippen LogP contribution is 2.52. The Hall–Kier alpha value is -6.01. The number of nitrogens with zero attached hydrogens (tertiary/aromatic N) is 7. The van der Waals surface area contributed by atoms with Gasteiger partial charge in [0.15, 0.2) is 5.76 Å². The molecule has 4 aromatic rings. The quantitative estimate of drug-likeness (QED) is 0.239. The predicted molar refractivity (Wildman–Crippen MR) is 183 cm³/mol. The maximum atomic E-state index is 15.8. The van der Waals surface area contributed by atoms with Crippen molar-refractivity contribution in [2.45, 2.75) is 25.9 Å². The number of aromatic nitrogens is 4. The molecule has 2 saturated heterocycles. The van der Waals surface area contributed by atoms with Crippen LogP contribution in [0.3, 0.4) is 0 Å². The van der Waals surface area contributed by atoms with Crippen molar-refractivity contribution in [1.29, 1.82) is 0 Å². The molecule has 15 heteroatoms. The van der Waals surface area contributed by atoms with E-state index in [4.69, 9.17) is 20.4 Å². The summed E-state index contributed by atoms with van der Waals surface area (Å²) in [5.74, 6) is -1.63. The lowest BCUT2D eigenvalue weighted by Crippen LogP contribution is -2.35. The van der Waals surface area contributed by atoms with Crippen LogP contribution in [0.5, 0.6) is 0 Å². The third-order valence-corrected chi connectivity index (χ3v) is 10.1. The van der Waals surface area contributed by atoms with Crippen molar-refractivity contribution < 1.29 is 23.1 Å². The molecule has 0 aliphatic carbocycles. The summed E-state index contributed by atoms with van der Waals surface area (Å²) >= 11 is 0. The van der Waals surface area contributed by atoms with Crippen LogP contribution in [0, 0.1) is 25.2 Å². The molecule has 2 atom stereocenters. The highest BCUT2D eigenvalue weighted by Gasteiger charge is 2.43. The summed E-state index contributed by atoms with van der Waals surface area (Å²) in [7, 11) is 5.35. The molecule has 4 aliphatic rings. The van der Waals surface area contributed by atoms with E-state index in [9.17, 15) is 19.5 Å². The number of pyridine rings is 3. The van der Waals surface area contributed by atoms with Crippen LogP contribution in [0.1, 0.15) is 28.3 Å². The zero-order valence-corrected chi connectivity index (χ0v) is 27.6. The van der Waals surface area contributed by atoms with E-state index < -0.39 is 28.6 Å². The lowest BCUT2D eigenvalue weighted by atomic mass is 9.96. The number of halogens is 1. The minimum Gasteiger partial charge on any atom is -0.477 e. The molecule has 0 saturated carbocycles. The first-order valence-corrected chi connectivity index (χ1v) is 16.0. The molecule has 254 valence electrons. The van der Waals surface area contributed by atoms with E-state index in [0.29, 0.717) is 62.9 Å². The normalized spacial score (nSPS) is 17.6. The highest BCUT2D eigenvalue weighted by molar-refractivity contribution is 6.15. The number of aromatic carboxylic acids is 1. The highest BCUT2D eigenvalue weighted by atomic mass is 19.1. The fourth-order valence-electron chi connectivity index (χ4n) is 7.82. The molecular weight excluding hydrogens is 647 g/mol. The van der Waals surface area contributed by atoms with Crippen LogP contribution in [0.2, 0.25) is 0 Å². The lowest BCUT2D eigenvalue weighted by molar-refractivity contribution is 0.0695. The largest absolute Gasteiger partial charge is 0.519 e. The average Bonchev–Trinajstić information content (AvgIpc) is 3.84. The van der Waals surface area contributed by atoms with Crippen LogP contribution in [-0.2, 0) is 13.6 Å². The first-order chi connectivity index (χ1) is 24.0. The molecule has 2 fully saturated rings. The Bertz CT molecular complexity index is 2540. The Morgan fingerprint density at radius 2 is 2.00 bits per heavy atom. The molecule has 0 radical (unpaired) electrons. The molecule has 3 aromatic heterocycles. The third-order valence-electron chi connectivity index (χ3n) is 10.1. The van der Waals surface area contributed by atoms with Crippen LogP contribution in [0.15, 0.2) is 49.1 Å². The fourth-order valence-corrected chi connectivity index (χ4v) is 7.82. The molecule has 0 amide bonds. The number of nitrogens with one attached hydrogen (secondary N) is 1. The molecule has 2 N–H and O–H groups in total. The topological polar surface area (TPSA) is 156 Å². The van der Waals surface area contributed by atoms with E-state index in [1.54, 1.807) is 37.8 Å². The summed E-state index contributed by atoms with van der Waals surface area (Å²) in [6, 6.07) is 2.97. The standard InChI is InChI=1S/C35H31FN8O6/c1-16-25(50-35(48)49-16)15-43-13-20(18-8-19-31(45)21(34(46)47)12-42(5)32(19)39-10-18)30(44-7-6-17-11-41(4)14-24(17)44)27-26-28(38-3)22(36)9-23(37-2)29(26)40-33(27)43/h8-10,12-13,17,24,37H,6-7,11,14-15H2,1-2,4-5H3,(H,46,47)/t17-,24+/m0/s1. The van der Waals surface area contributed by atoms with Crippen molar-refractivity contribution in [3.05, 3.63) is 85.9 Å². The van der Waals surface area contributed by atoms with Gasteiger partial charge < -0.3 is 38.2 Å². The molecule has 1 aromatic carbocycles. The van der Waals surface area contributed by atoms with Gasteiger partial charge in [0, 0.05) is 80.4 Å². The number of benzene rings is 1. The average molecular weight is 679 g/mol. The number of carboxylic acid groups (broad SMARTS) is 1. The number of likely N-dealkylation sites (N-methyl/N-ethyl adjacent to an activating group) is 1. The number of carbonyl (C=O) groups is 1. The zero-order chi connectivity index (χ0) is 35.2. The summed E-state index contributed by atoms with van der Waals surface area (Å²) in [5.41, 5.74) is 2.11. The Kier molecular flexibility index (Phi) is 7.05. The van der Waals surface area contributed by atoms with Gasteiger partial charge in [0.25, 0.3) is 0 Å². The number of anilines is 2. The number of hydrogen-bond donors (Lipinski definition) is 2. The van der Waals surface area contributed by atoms with Gasteiger partial charge in [-0.15, -0.1) is 0 Å². The van der Waals surface area contributed by atoms with Gasteiger partial charge in [0.2, 0.25) is 11.1 Å². The molecule has 4 aliphatic heterocycles. The van der Waals surface area contributed by atoms with Crippen molar-refractivity contribution in [2.75, 3.05) is 43.9 Å². The van der Waals surface area contributed by atoms with E-state index in [0.717, 1.165) is 19.5 Å². The fraction of sp³-hybridized carbons (Fsp3) is 0.314. The van der Waals surface area contributed by atoms with Crippen LogP contribution >= 0.6 is 0 Å². The first-order valence-electron chi connectivity index (χ1n) is 16.0. The molecule has 14 nitrogen and oxygen atoms in total. The van der Waals surface area contributed by atoms with E-state index in [1.807, 2.05) is 6.20 Å². The summed E-state index contributed by atoms with van der Waals surface area (Å²) in [4.78, 5) is 55.5. The number of fused-ring (bicyclic) bond motifs is 5. The van der Waals surface area contributed by atoms with Gasteiger partial charge >= 0.3 is 11.8 Å². The molecule has 0 bridgehead atoms. The maximum Gasteiger partial charge on any atom is 0.519 e. The maximum absolute atomic E-state index is 15.8. The summed E-state index contributed by atoms with van der Waals surface area (Å²) in [5, 5.41) is 13.2. The third kappa shape index (κ3) is 4.59. The molecule has 0 unspecified atom stereocenters. The SMILES string of the molecule is [C-]#[N+]c1c(F)cc(NC)c2nc3n(Cc4oc(=O)oc4C)cc(-c4cnc5c(c4)c(=O)c(C(=O)O)cn5C)c(N4CC[C@H]5CN(C)C[C@H]54)c-3c12. The van der Waals surface area contributed by atoms with E-state index >= 15 is 4.39 Å². The first kappa shape index (κ1) is 31.3. The van der Waals surface area contributed by atoms with Gasteiger partial charge in [-0.1, -0.05) is 0 Å². The zero-order valence-electron chi connectivity index (χ0n) is 27.6. The second kappa shape index (κ2) is 11.3. The van der Waals surface area contributed by atoms with Gasteiger partial charge in [-0.05, 0) is 38.4 Å². The smallest absolute Gasteiger partial charge is 0.477 e. The second-order valence-corrected chi connectivity index (χ2v) is 13.0. The summed E-state index contributed by atoms with van der Waals surface area (Å²) < 4.78 is 29.6. The van der Waals surface area contributed by atoms with Crippen molar-refractivity contribution in [3.63, 3.8) is 0 Å². The second-order valence-electron chi connectivity index (χ2n) is 13.0. The van der Waals surface area contributed by atoms with Crippen LogP contribution in [-0.4, -0.2) is 74.8 Å². The van der Waals surface area contributed by atoms with Crippen molar-refractivity contribution in [1.82, 2.24) is 24.0 Å².